The van der Waals surface area contributed by atoms with Crippen molar-refractivity contribution in [2.75, 3.05) is 0 Å². The molecule has 3 heteroatoms. The summed E-state index contributed by atoms with van der Waals surface area (Å²) in [6.45, 7) is 22.1. The van der Waals surface area contributed by atoms with Crippen LogP contribution in [0.1, 0.15) is 108 Å². The summed E-state index contributed by atoms with van der Waals surface area (Å²) in [5.41, 5.74) is 22.6. The molecule has 3 aliphatic rings. The Morgan fingerprint density at radius 1 is 0.620 bits per heavy atom. The zero-order chi connectivity index (χ0) is 34.5. The van der Waals surface area contributed by atoms with Crippen LogP contribution in [0.5, 0.6) is 0 Å². The summed E-state index contributed by atoms with van der Waals surface area (Å²) >= 11 is 1.46. The molecule has 0 bridgehead atoms. The summed E-state index contributed by atoms with van der Waals surface area (Å²) in [7, 11) is 0. The van der Waals surface area contributed by atoms with Gasteiger partial charge in [0.25, 0.3) is 0 Å². The van der Waals surface area contributed by atoms with E-state index in [1.807, 2.05) is 0 Å². The summed E-state index contributed by atoms with van der Waals surface area (Å²) < 4.78 is 1.42. The van der Waals surface area contributed by atoms with Crippen molar-refractivity contribution in [2.45, 2.75) is 86.5 Å². The molecule has 0 fully saturated rings. The van der Waals surface area contributed by atoms with Gasteiger partial charge in [-0.2, -0.15) is 23.3 Å². The molecule has 50 heavy (non-hydrogen) atoms. The van der Waals surface area contributed by atoms with E-state index in [0.717, 1.165) is 6.42 Å². The van der Waals surface area contributed by atoms with Crippen LogP contribution in [0.3, 0.4) is 0 Å². The average Bonchev–Trinajstić information content (AvgIpc) is 3.72. The summed E-state index contributed by atoms with van der Waals surface area (Å²) in [6.07, 6.45) is 7.13. The van der Waals surface area contributed by atoms with Gasteiger partial charge in [-0.1, -0.05) is 72.1 Å². The molecule has 0 aromatic heterocycles. The second kappa shape index (κ2) is 15.3. The van der Waals surface area contributed by atoms with Gasteiger partial charge in [0.1, 0.15) is 0 Å². The molecule has 256 valence electrons. The minimum atomic E-state index is 0. The quantitative estimate of drug-likeness (QED) is 0.193. The van der Waals surface area contributed by atoms with Gasteiger partial charge in [0.2, 0.25) is 0 Å². The average molecular weight is 775 g/mol. The zero-order valence-electron chi connectivity index (χ0n) is 31.2. The first kappa shape index (κ1) is 39.8. The summed E-state index contributed by atoms with van der Waals surface area (Å²) in [5, 5.41) is 0. The molecule has 0 nitrogen and oxygen atoms in total. The molecule has 5 aromatic rings. The van der Waals surface area contributed by atoms with Crippen molar-refractivity contribution >= 4 is 14.4 Å². The van der Waals surface area contributed by atoms with E-state index >= 15 is 0 Å². The molecule has 0 aliphatic heterocycles. The molecule has 0 unspecified atom stereocenters. The maximum atomic E-state index is 3.65. The maximum Gasteiger partial charge on any atom is -1.00 e. The van der Waals surface area contributed by atoms with Crippen LogP contribution in [0.15, 0.2) is 97.1 Å². The van der Waals surface area contributed by atoms with Crippen LogP contribution >= 0.6 is 0 Å². The van der Waals surface area contributed by atoms with Crippen molar-refractivity contribution in [1.29, 1.82) is 0 Å². The van der Waals surface area contributed by atoms with E-state index in [2.05, 4.69) is 172 Å². The summed E-state index contributed by atoms with van der Waals surface area (Å²) in [4.78, 5) is 0. The number of aryl methyl sites for hydroxylation is 4. The second-order valence-corrected chi connectivity index (χ2v) is 16.5. The third kappa shape index (κ3) is 8.07. The van der Waals surface area contributed by atoms with Gasteiger partial charge in [0.05, 0.1) is 0 Å². The van der Waals surface area contributed by atoms with Crippen molar-refractivity contribution in [2.24, 2.45) is 0 Å². The van der Waals surface area contributed by atoms with Gasteiger partial charge in [-0.25, -0.2) is 17.2 Å². The van der Waals surface area contributed by atoms with Crippen LogP contribution in [0.25, 0.3) is 22.3 Å². The van der Waals surface area contributed by atoms with Crippen molar-refractivity contribution in [3.8, 4) is 11.1 Å². The van der Waals surface area contributed by atoms with Crippen LogP contribution in [0.2, 0.25) is 0 Å². The molecule has 0 heterocycles. The van der Waals surface area contributed by atoms with Crippen LogP contribution < -0.4 is 24.8 Å². The Labute approximate surface area is 328 Å². The third-order valence-corrected chi connectivity index (χ3v) is 11.6. The molecule has 0 amide bonds. The molecule has 8 rings (SSSR count). The molecule has 0 N–H and O–H groups in total. The Balaban J connectivity index is 0.000000193. The molecular weight excluding hydrogens is 727 g/mol. The van der Waals surface area contributed by atoms with Gasteiger partial charge >= 0.3 is 112 Å². The number of hydrogen-bond acceptors (Lipinski definition) is 0. The first-order valence-electron chi connectivity index (χ1n) is 17.2. The van der Waals surface area contributed by atoms with E-state index in [1.54, 1.807) is 0 Å². The number of hydrogen-bond donors (Lipinski definition) is 0. The third-order valence-electron chi connectivity index (χ3n) is 10.2. The minimum absolute atomic E-state index is 0. The molecule has 3 aliphatic carbocycles. The first-order chi connectivity index (χ1) is 22.6. The van der Waals surface area contributed by atoms with Crippen LogP contribution in [0, 0.1) is 33.8 Å². The number of rotatable bonds is 2. The van der Waals surface area contributed by atoms with Gasteiger partial charge in [-0.05, 0) is 58.4 Å². The second-order valence-electron chi connectivity index (χ2n) is 15.3. The van der Waals surface area contributed by atoms with Crippen LogP contribution in [-0.2, 0) is 41.5 Å². The Morgan fingerprint density at radius 3 is 1.58 bits per heavy atom. The minimum Gasteiger partial charge on any atom is -1.00 e. The van der Waals surface area contributed by atoms with E-state index < -0.39 is 0 Å². The summed E-state index contributed by atoms with van der Waals surface area (Å²) in [6, 6.07) is 33.7. The van der Waals surface area contributed by atoms with E-state index in [-0.39, 0.29) is 35.6 Å². The molecule has 5 aromatic carbocycles. The van der Waals surface area contributed by atoms with E-state index in [0.29, 0.717) is 0 Å². The van der Waals surface area contributed by atoms with E-state index in [1.165, 1.54) is 116 Å². The van der Waals surface area contributed by atoms with Crippen LogP contribution in [0.4, 0.5) is 0 Å². The van der Waals surface area contributed by atoms with Gasteiger partial charge in [0, 0.05) is 5.41 Å². The van der Waals surface area contributed by atoms with Gasteiger partial charge < -0.3 is 24.8 Å². The molecule has 0 radical (unpaired) electrons. The Hall–Kier alpha value is -2.96. The van der Waals surface area contributed by atoms with Crippen molar-refractivity contribution in [1.82, 2.24) is 0 Å². The monoisotopic (exact) mass is 772 g/mol. The smallest absolute Gasteiger partial charge is 1.00 e. The molecule has 0 atom stereocenters. The van der Waals surface area contributed by atoms with E-state index in [9.17, 15) is 0 Å². The summed E-state index contributed by atoms with van der Waals surface area (Å²) in [5.74, 6) is 0. The van der Waals surface area contributed by atoms with Gasteiger partial charge in [-0.15, -0.1) is 11.6 Å². The molecule has 0 saturated carbocycles. The van der Waals surface area contributed by atoms with Gasteiger partial charge in [0.15, 0.2) is 0 Å². The number of allylic oxidation sites excluding steroid dienone is 4. The normalized spacial score (nSPS) is 14.9. The molecular formula is C47H48Cl2Zr-2. The fraction of sp³-hybridized carbons (Fsp3) is 0.277. The topological polar surface area (TPSA) is 0 Å². The van der Waals surface area contributed by atoms with Crippen molar-refractivity contribution in [3.63, 3.8) is 0 Å². The molecule has 0 spiro atoms. The number of benzene rings is 4. The number of fused-ring (bicyclic) bond motifs is 5. The van der Waals surface area contributed by atoms with Gasteiger partial charge in [-0.3, -0.25) is 6.08 Å². The Morgan fingerprint density at radius 2 is 1.12 bits per heavy atom. The zero-order valence-corrected chi connectivity index (χ0v) is 35.2. The predicted molar refractivity (Wildman–Crippen MR) is 204 cm³/mol. The van der Waals surface area contributed by atoms with Crippen LogP contribution in [-0.4, -0.2) is 3.21 Å². The SMILES string of the molecule is CC1=[C-]C(C)(C)c2cc3c(cc21)-c1cc2c(cc1C3)C(C)(C)C=C2C.Cc1c[cH-]c(C)c1.Cc1ccc([C](=[Zr+2])c2ccc(C)cc2)cc1.[Cl-].[Cl-]. The molecule has 0 saturated heterocycles. The first-order valence-corrected chi connectivity index (χ1v) is 18.5. The number of halogens is 2. The Kier molecular flexibility index (Phi) is 12.2. The Bertz CT molecular complexity index is 1950. The fourth-order valence-electron chi connectivity index (χ4n) is 7.60. The standard InChI is InChI=1S/C25H25.C15H14.C7H9.2ClH.Zr/c1-14-12-24(3,4)22-8-16-7-17-9-23-19(15(2)13-25(23,5)6)11-21(17)20(16)10-18(14)22;1-12-3-7-14(8-4-12)11-15-9-5-13(2)6-10-15;1-6-3-4-7(2)5-6;;;/h8-12H,7H2,1-6H3;3-10H,1-2H3;3-5H,1-2H3;2*1H;/q-1;;-1;;;+2/p-2. The van der Waals surface area contributed by atoms with Crippen molar-refractivity contribution in [3.05, 3.63) is 170 Å². The van der Waals surface area contributed by atoms with E-state index in [4.69, 9.17) is 0 Å². The van der Waals surface area contributed by atoms with Crippen molar-refractivity contribution < 1.29 is 49.0 Å². The fourth-order valence-corrected chi connectivity index (χ4v) is 8.42. The maximum absolute atomic E-state index is 3.65. The largest absolute Gasteiger partial charge is 1.00 e. The predicted octanol–water partition coefficient (Wildman–Crippen LogP) is 5.90.